The van der Waals surface area contributed by atoms with E-state index in [1.165, 1.54) is 16.1 Å². The SMILES string of the molecule is O=S(=O)(c1cccc(-c2nnc(SC/C=C/c3ccccc3)o2)c1)N1CCCC1. The van der Waals surface area contributed by atoms with Crippen LogP contribution >= 0.6 is 11.8 Å². The first-order valence-electron chi connectivity index (χ1n) is 9.41. The fourth-order valence-electron chi connectivity index (χ4n) is 3.12. The number of hydrogen-bond donors (Lipinski definition) is 0. The lowest BCUT2D eigenvalue weighted by molar-refractivity contribution is 0.466. The Morgan fingerprint density at radius 2 is 1.83 bits per heavy atom. The predicted molar refractivity (Wildman–Crippen MR) is 114 cm³/mol. The highest BCUT2D eigenvalue weighted by Gasteiger charge is 2.27. The zero-order chi connectivity index (χ0) is 20.1. The third-order valence-corrected chi connectivity index (χ3v) is 7.27. The number of hydrogen-bond acceptors (Lipinski definition) is 6. The Morgan fingerprint density at radius 3 is 2.62 bits per heavy atom. The average molecular weight is 428 g/mol. The maximum absolute atomic E-state index is 12.8. The van der Waals surface area contributed by atoms with Gasteiger partial charge in [-0.1, -0.05) is 60.3 Å². The standard InChI is InChI=1S/C21H21N3O3S2/c25-29(26,24-13-4-5-14-24)19-12-6-11-18(16-19)20-22-23-21(27-20)28-15-7-10-17-8-2-1-3-9-17/h1-3,6-12,16H,4-5,13-15H2/b10-7+. The second-order valence-electron chi connectivity index (χ2n) is 6.64. The Labute approximate surface area is 174 Å². The van der Waals surface area contributed by atoms with Crippen molar-refractivity contribution in [3.8, 4) is 11.5 Å². The van der Waals surface area contributed by atoms with Gasteiger partial charge in [0.25, 0.3) is 5.22 Å². The molecule has 8 heteroatoms. The lowest BCUT2D eigenvalue weighted by atomic mass is 10.2. The van der Waals surface area contributed by atoms with Gasteiger partial charge in [-0.3, -0.25) is 0 Å². The molecule has 0 bridgehead atoms. The highest BCUT2D eigenvalue weighted by Crippen LogP contribution is 2.27. The Kier molecular flexibility index (Phi) is 6.13. The van der Waals surface area contributed by atoms with Gasteiger partial charge in [0.2, 0.25) is 15.9 Å². The fourth-order valence-corrected chi connectivity index (χ4v) is 5.25. The van der Waals surface area contributed by atoms with E-state index in [1.807, 2.05) is 42.5 Å². The monoisotopic (exact) mass is 427 g/mol. The molecule has 0 atom stereocenters. The van der Waals surface area contributed by atoms with Gasteiger partial charge in [-0.2, -0.15) is 4.31 Å². The summed E-state index contributed by atoms with van der Waals surface area (Å²) in [7, 11) is -3.48. The summed E-state index contributed by atoms with van der Waals surface area (Å²) in [6, 6.07) is 16.7. The van der Waals surface area contributed by atoms with Crippen molar-refractivity contribution in [3.63, 3.8) is 0 Å². The molecule has 0 saturated carbocycles. The van der Waals surface area contributed by atoms with Gasteiger partial charge < -0.3 is 4.42 Å². The Bertz CT molecular complexity index is 1090. The summed E-state index contributed by atoms with van der Waals surface area (Å²) in [5, 5.41) is 8.58. The smallest absolute Gasteiger partial charge is 0.277 e. The van der Waals surface area contributed by atoms with Crippen LogP contribution in [-0.2, 0) is 10.0 Å². The summed E-state index contributed by atoms with van der Waals surface area (Å²) < 4.78 is 32.8. The van der Waals surface area contributed by atoms with Gasteiger partial charge in [-0.05, 0) is 36.6 Å². The minimum absolute atomic E-state index is 0.259. The van der Waals surface area contributed by atoms with Crippen LogP contribution in [0.5, 0.6) is 0 Å². The van der Waals surface area contributed by atoms with E-state index < -0.39 is 10.0 Å². The molecular weight excluding hydrogens is 406 g/mol. The minimum atomic E-state index is -3.48. The van der Waals surface area contributed by atoms with E-state index in [0.717, 1.165) is 18.4 Å². The number of rotatable bonds is 7. The first-order valence-corrected chi connectivity index (χ1v) is 11.8. The van der Waals surface area contributed by atoms with E-state index in [0.29, 0.717) is 35.5 Å². The largest absolute Gasteiger partial charge is 0.411 e. The number of thioether (sulfide) groups is 1. The van der Waals surface area contributed by atoms with E-state index >= 15 is 0 Å². The van der Waals surface area contributed by atoms with Crippen LogP contribution in [0.25, 0.3) is 17.5 Å². The van der Waals surface area contributed by atoms with E-state index in [2.05, 4.69) is 10.2 Å². The molecule has 4 rings (SSSR count). The fraction of sp³-hybridized carbons (Fsp3) is 0.238. The topological polar surface area (TPSA) is 76.3 Å². The highest BCUT2D eigenvalue weighted by molar-refractivity contribution is 7.99. The molecule has 0 amide bonds. The van der Waals surface area contributed by atoms with Crippen LogP contribution in [0.4, 0.5) is 0 Å². The average Bonchev–Trinajstić information content (AvgIpc) is 3.45. The molecule has 2 aromatic carbocycles. The van der Waals surface area contributed by atoms with E-state index in [9.17, 15) is 8.42 Å². The number of benzene rings is 2. The third-order valence-electron chi connectivity index (χ3n) is 4.60. The van der Waals surface area contributed by atoms with Crippen LogP contribution in [0.2, 0.25) is 0 Å². The molecule has 2 heterocycles. The Morgan fingerprint density at radius 1 is 1.03 bits per heavy atom. The normalized spacial score (nSPS) is 15.3. The van der Waals surface area contributed by atoms with Gasteiger partial charge in [0, 0.05) is 24.4 Å². The van der Waals surface area contributed by atoms with Gasteiger partial charge in [0.15, 0.2) is 0 Å². The van der Waals surface area contributed by atoms with Gasteiger partial charge in [-0.25, -0.2) is 8.42 Å². The Hall–Kier alpha value is -2.42. The van der Waals surface area contributed by atoms with Crippen molar-refractivity contribution < 1.29 is 12.8 Å². The summed E-state index contributed by atoms with van der Waals surface area (Å²) in [5.74, 6) is 1.01. The summed E-state index contributed by atoms with van der Waals surface area (Å²) in [5.41, 5.74) is 1.74. The van der Waals surface area contributed by atoms with Crippen molar-refractivity contribution in [1.82, 2.24) is 14.5 Å². The van der Waals surface area contributed by atoms with Crippen molar-refractivity contribution in [3.05, 3.63) is 66.2 Å². The van der Waals surface area contributed by atoms with Crippen LogP contribution in [-0.4, -0.2) is 41.8 Å². The molecule has 6 nitrogen and oxygen atoms in total. The predicted octanol–water partition coefficient (Wildman–Crippen LogP) is 4.33. The molecule has 1 aliphatic heterocycles. The summed E-state index contributed by atoms with van der Waals surface area (Å²) in [6.45, 7) is 1.15. The maximum atomic E-state index is 12.8. The summed E-state index contributed by atoms with van der Waals surface area (Å²) >= 11 is 1.43. The quantitative estimate of drug-likeness (QED) is 0.523. The molecule has 1 aliphatic rings. The molecule has 1 aromatic heterocycles. The first kappa shape index (κ1) is 19.9. The number of sulfonamides is 1. The van der Waals surface area contributed by atoms with Crippen molar-refractivity contribution in [2.75, 3.05) is 18.8 Å². The van der Waals surface area contributed by atoms with Crippen molar-refractivity contribution in [2.24, 2.45) is 0 Å². The molecule has 0 radical (unpaired) electrons. The zero-order valence-corrected chi connectivity index (χ0v) is 17.4. The summed E-state index contributed by atoms with van der Waals surface area (Å²) in [6.07, 6.45) is 5.88. The number of nitrogens with zero attached hydrogens (tertiary/aromatic N) is 3. The van der Waals surface area contributed by atoms with Crippen molar-refractivity contribution >= 4 is 27.9 Å². The minimum Gasteiger partial charge on any atom is -0.411 e. The first-order chi connectivity index (χ1) is 14.1. The zero-order valence-electron chi connectivity index (χ0n) is 15.8. The summed E-state index contributed by atoms with van der Waals surface area (Å²) in [4.78, 5) is 0.259. The number of aromatic nitrogens is 2. The molecule has 0 spiro atoms. The van der Waals surface area contributed by atoms with Gasteiger partial charge in [0.1, 0.15) is 0 Å². The van der Waals surface area contributed by atoms with E-state index in [4.69, 9.17) is 4.42 Å². The molecule has 0 unspecified atom stereocenters. The van der Waals surface area contributed by atoms with E-state index in [1.54, 1.807) is 24.3 Å². The second kappa shape index (κ2) is 8.94. The van der Waals surface area contributed by atoms with Crippen molar-refractivity contribution in [1.29, 1.82) is 0 Å². The lowest BCUT2D eigenvalue weighted by Gasteiger charge is -2.15. The van der Waals surface area contributed by atoms with Crippen LogP contribution in [0, 0.1) is 0 Å². The van der Waals surface area contributed by atoms with Gasteiger partial charge in [-0.15, -0.1) is 10.2 Å². The molecule has 1 saturated heterocycles. The lowest BCUT2D eigenvalue weighted by Crippen LogP contribution is -2.27. The van der Waals surface area contributed by atoms with Crippen LogP contribution < -0.4 is 0 Å². The van der Waals surface area contributed by atoms with Crippen LogP contribution in [0.1, 0.15) is 18.4 Å². The third kappa shape index (κ3) is 4.77. The van der Waals surface area contributed by atoms with Crippen molar-refractivity contribution in [2.45, 2.75) is 23.0 Å². The van der Waals surface area contributed by atoms with Crippen LogP contribution in [0.15, 0.2) is 75.2 Å². The maximum Gasteiger partial charge on any atom is 0.277 e. The molecule has 0 aliphatic carbocycles. The van der Waals surface area contributed by atoms with E-state index in [-0.39, 0.29) is 4.90 Å². The molecular formula is C21H21N3O3S2. The molecule has 3 aromatic rings. The molecule has 150 valence electrons. The highest BCUT2D eigenvalue weighted by atomic mass is 32.2. The molecule has 0 N–H and O–H groups in total. The molecule has 29 heavy (non-hydrogen) atoms. The second-order valence-corrected chi connectivity index (χ2v) is 9.55. The van der Waals surface area contributed by atoms with Gasteiger partial charge in [0.05, 0.1) is 4.90 Å². The molecule has 1 fully saturated rings. The van der Waals surface area contributed by atoms with Gasteiger partial charge >= 0.3 is 0 Å². The van der Waals surface area contributed by atoms with Crippen LogP contribution in [0.3, 0.4) is 0 Å². The Balaban J connectivity index is 1.43.